The summed E-state index contributed by atoms with van der Waals surface area (Å²) in [5, 5.41) is 10.8. The van der Waals surface area contributed by atoms with Gasteiger partial charge in [-0.05, 0) is 31.0 Å². The average molecular weight is 416 g/mol. The molecule has 0 radical (unpaired) electrons. The molecular formula is C15H14F6N2O3S. The number of hydrogen-bond acceptors (Lipinski definition) is 5. The quantitative estimate of drug-likeness (QED) is 0.602. The molecule has 12 heteroatoms. The summed E-state index contributed by atoms with van der Waals surface area (Å²) in [6.07, 6.45) is -11.8. The van der Waals surface area contributed by atoms with Crippen LogP contribution in [-0.4, -0.2) is 32.6 Å². The molecule has 1 aromatic rings. The van der Waals surface area contributed by atoms with E-state index >= 15 is 0 Å². The summed E-state index contributed by atoms with van der Waals surface area (Å²) >= 11 is 0. The van der Waals surface area contributed by atoms with Gasteiger partial charge in [-0.15, -0.1) is 0 Å². The van der Waals surface area contributed by atoms with Crippen molar-refractivity contribution in [3.8, 4) is 6.07 Å². The maximum absolute atomic E-state index is 13.3. The molecule has 1 heterocycles. The molecule has 0 amide bonds. The smallest absolute Gasteiger partial charge is 0.279 e. The predicted octanol–water partition coefficient (Wildman–Crippen LogP) is 3.28. The lowest BCUT2D eigenvalue weighted by Crippen LogP contribution is -2.44. The van der Waals surface area contributed by atoms with Crippen molar-refractivity contribution in [2.24, 2.45) is 0 Å². The number of hydrogen-bond donors (Lipinski definition) is 1. The Labute approximate surface area is 151 Å². The van der Waals surface area contributed by atoms with Gasteiger partial charge in [0.2, 0.25) is 0 Å². The fraction of sp³-hybridized carbons (Fsp3) is 0.533. The average Bonchev–Trinajstić information content (AvgIpc) is 2.97. The van der Waals surface area contributed by atoms with E-state index in [-0.39, 0.29) is 5.56 Å². The first-order valence-corrected chi connectivity index (χ1v) is 9.21. The topological polar surface area (TPSA) is 79.2 Å². The molecule has 1 saturated heterocycles. The van der Waals surface area contributed by atoms with E-state index in [4.69, 9.17) is 5.26 Å². The Morgan fingerprint density at radius 1 is 1.26 bits per heavy atom. The summed E-state index contributed by atoms with van der Waals surface area (Å²) in [7, 11) is -4.07. The molecular weight excluding hydrogens is 402 g/mol. The lowest BCUT2D eigenvalue weighted by Gasteiger charge is -2.23. The summed E-state index contributed by atoms with van der Waals surface area (Å²) in [6, 6.07) is 1.32. The number of nitrogens with one attached hydrogen (secondary N) is 1. The molecule has 1 aliphatic heterocycles. The van der Waals surface area contributed by atoms with E-state index in [2.05, 4.69) is 4.18 Å². The fourth-order valence-electron chi connectivity index (χ4n) is 2.84. The van der Waals surface area contributed by atoms with Crippen molar-refractivity contribution in [2.75, 3.05) is 5.75 Å². The fourth-order valence-corrected chi connectivity index (χ4v) is 3.46. The third kappa shape index (κ3) is 4.91. The lowest BCUT2D eigenvalue weighted by atomic mass is 9.89. The van der Waals surface area contributed by atoms with Crippen molar-refractivity contribution in [2.45, 2.75) is 43.9 Å². The van der Waals surface area contributed by atoms with Gasteiger partial charge in [-0.2, -0.15) is 40.0 Å². The Kier molecular flexibility index (Phi) is 5.79. The standard InChI is InChI=1S/C15H14F6N2O3S/c1-2-27(24,25)26-12-6-10(13(23-12)15(19,20)21)8-3-4-9(7-22)11(5-8)14(16,17)18/h3-5,10,12-13,23H,2,6H2,1H3/t10?,12-,13-/m0/s1. The molecule has 2 rings (SSSR count). The van der Waals surface area contributed by atoms with Gasteiger partial charge in [-0.1, -0.05) is 6.07 Å². The van der Waals surface area contributed by atoms with Crippen LogP contribution in [0.2, 0.25) is 0 Å². The molecule has 5 nitrogen and oxygen atoms in total. The molecule has 1 fully saturated rings. The van der Waals surface area contributed by atoms with E-state index in [0.717, 1.165) is 12.1 Å². The summed E-state index contributed by atoms with van der Waals surface area (Å²) < 4.78 is 107. The van der Waals surface area contributed by atoms with Gasteiger partial charge in [0, 0.05) is 5.92 Å². The summed E-state index contributed by atoms with van der Waals surface area (Å²) in [4.78, 5) is 0. The molecule has 27 heavy (non-hydrogen) atoms. The van der Waals surface area contributed by atoms with Gasteiger partial charge in [0.25, 0.3) is 10.1 Å². The van der Waals surface area contributed by atoms with Gasteiger partial charge in [-0.25, -0.2) is 0 Å². The minimum absolute atomic E-state index is 0.323. The van der Waals surface area contributed by atoms with Crippen LogP contribution in [0.4, 0.5) is 26.3 Å². The minimum Gasteiger partial charge on any atom is -0.279 e. The van der Waals surface area contributed by atoms with Crippen LogP contribution in [0.3, 0.4) is 0 Å². The normalized spacial score (nSPS) is 24.0. The highest BCUT2D eigenvalue weighted by atomic mass is 32.2. The maximum Gasteiger partial charge on any atom is 0.417 e. The maximum atomic E-state index is 13.3. The van der Waals surface area contributed by atoms with Crippen LogP contribution < -0.4 is 5.32 Å². The molecule has 0 aliphatic carbocycles. The largest absolute Gasteiger partial charge is 0.417 e. The molecule has 150 valence electrons. The van der Waals surface area contributed by atoms with E-state index in [1.54, 1.807) is 0 Å². The van der Waals surface area contributed by atoms with Crippen molar-refractivity contribution < 1.29 is 38.9 Å². The van der Waals surface area contributed by atoms with Crippen LogP contribution in [-0.2, 0) is 20.5 Å². The van der Waals surface area contributed by atoms with E-state index < -0.39 is 64.0 Å². The van der Waals surface area contributed by atoms with Gasteiger partial charge < -0.3 is 0 Å². The first-order chi connectivity index (χ1) is 12.3. The molecule has 0 bridgehead atoms. The number of halogens is 6. The molecule has 3 atom stereocenters. The Morgan fingerprint density at radius 3 is 2.37 bits per heavy atom. The summed E-state index contributed by atoms with van der Waals surface area (Å²) in [5.74, 6) is -1.99. The van der Waals surface area contributed by atoms with Gasteiger partial charge in [0.15, 0.2) is 0 Å². The lowest BCUT2D eigenvalue weighted by molar-refractivity contribution is -0.157. The third-order valence-electron chi connectivity index (χ3n) is 4.10. The number of nitrogens with zero attached hydrogens (tertiary/aromatic N) is 1. The van der Waals surface area contributed by atoms with Crippen LogP contribution in [0.1, 0.15) is 36.0 Å². The highest BCUT2D eigenvalue weighted by molar-refractivity contribution is 7.86. The molecule has 1 aliphatic rings. The number of benzene rings is 1. The van der Waals surface area contributed by atoms with Crippen molar-refractivity contribution >= 4 is 10.1 Å². The predicted molar refractivity (Wildman–Crippen MR) is 80.8 cm³/mol. The van der Waals surface area contributed by atoms with E-state index in [9.17, 15) is 34.8 Å². The zero-order chi connectivity index (χ0) is 20.6. The Morgan fingerprint density at radius 2 is 1.89 bits per heavy atom. The van der Waals surface area contributed by atoms with E-state index in [1.807, 2.05) is 5.32 Å². The summed E-state index contributed by atoms with van der Waals surface area (Å²) in [6.45, 7) is 1.24. The van der Waals surface area contributed by atoms with Crippen LogP contribution in [0.25, 0.3) is 0 Å². The van der Waals surface area contributed by atoms with Gasteiger partial charge >= 0.3 is 12.4 Å². The van der Waals surface area contributed by atoms with Crippen molar-refractivity contribution in [3.63, 3.8) is 0 Å². The Bertz CT molecular complexity index is 845. The van der Waals surface area contributed by atoms with E-state index in [1.165, 1.54) is 13.0 Å². The first kappa shape index (κ1) is 21.5. The first-order valence-electron chi connectivity index (χ1n) is 7.63. The van der Waals surface area contributed by atoms with Gasteiger partial charge in [0.1, 0.15) is 12.3 Å². The minimum atomic E-state index is -4.93. The van der Waals surface area contributed by atoms with Crippen LogP contribution in [0, 0.1) is 11.3 Å². The molecule has 1 unspecified atom stereocenters. The monoisotopic (exact) mass is 416 g/mol. The van der Waals surface area contributed by atoms with Crippen molar-refractivity contribution in [1.82, 2.24) is 5.32 Å². The van der Waals surface area contributed by atoms with Gasteiger partial charge in [0.05, 0.1) is 22.9 Å². The second-order valence-electron chi connectivity index (χ2n) is 5.87. The van der Waals surface area contributed by atoms with Crippen molar-refractivity contribution in [1.29, 1.82) is 5.26 Å². The van der Waals surface area contributed by atoms with Crippen molar-refractivity contribution in [3.05, 3.63) is 34.9 Å². The highest BCUT2D eigenvalue weighted by Crippen LogP contribution is 2.42. The highest BCUT2D eigenvalue weighted by Gasteiger charge is 2.52. The van der Waals surface area contributed by atoms with Crippen LogP contribution in [0.5, 0.6) is 0 Å². The second-order valence-corrected chi connectivity index (χ2v) is 7.76. The number of rotatable bonds is 4. The second kappa shape index (κ2) is 7.29. The Hall–Kier alpha value is -1.84. The van der Waals surface area contributed by atoms with Crippen LogP contribution in [0.15, 0.2) is 18.2 Å². The number of alkyl halides is 6. The molecule has 0 saturated carbocycles. The van der Waals surface area contributed by atoms with Gasteiger partial charge in [-0.3, -0.25) is 9.50 Å². The third-order valence-corrected chi connectivity index (χ3v) is 5.34. The zero-order valence-electron chi connectivity index (χ0n) is 13.7. The molecule has 0 spiro atoms. The number of nitriles is 1. The molecule has 1 aromatic carbocycles. The Balaban J connectivity index is 2.44. The SMILES string of the molecule is CCS(=O)(=O)O[C@H]1CC(c2ccc(C#N)c(C(F)(F)F)c2)[C@@H](C(F)(F)F)N1. The molecule has 1 N–H and O–H groups in total. The molecule has 0 aromatic heterocycles. The summed E-state index contributed by atoms with van der Waals surface area (Å²) in [5.41, 5.74) is -2.40. The zero-order valence-corrected chi connectivity index (χ0v) is 14.5. The van der Waals surface area contributed by atoms with E-state index in [0.29, 0.717) is 6.07 Å². The van der Waals surface area contributed by atoms with Crippen LogP contribution >= 0.6 is 0 Å².